The number of carbonyl (C=O) groups is 1. The Balaban J connectivity index is 1.24. The quantitative estimate of drug-likeness (QED) is 0.159. The van der Waals surface area contributed by atoms with E-state index in [0.29, 0.717) is 12.7 Å². The fraction of sp³-hybridized carbons (Fsp3) is 0.435. The number of alkyl halides is 1. The van der Waals surface area contributed by atoms with Crippen LogP contribution in [0.15, 0.2) is 43.0 Å². The Morgan fingerprint density at radius 2 is 2.15 bits per heavy atom. The number of nitrogens with two attached hydrogens (primary N) is 1. The summed E-state index contributed by atoms with van der Waals surface area (Å²) in [5, 5.41) is 20.0. The molecule has 17 heteroatoms. The number of ether oxygens (including phenoxy) is 2. The van der Waals surface area contributed by atoms with Crippen LogP contribution in [0.2, 0.25) is 0 Å². The maximum Gasteiger partial charge on any atom is 0.526 e. The predicted molar refractivity (Wildman–Crippen MR) is 133 cm³/mol. The van der Waals surface area contributed by atoms with Gasteiger partial charge in [0, 0.05) is 12.8 Å². The van der Waals surface area contributed by atoms with Crippen molar-refractivity contribution in [3.05, 3.63) is 54.3 Å². The molecule has 0 radical (unpaired) electrons. The molecule has 0 amide bonds. The van der Waals surface area contributed by atoms with Gasteiger partial charge in [0.05, 0.1) is 13.7 Å². The van der Waals surface area contributed by atoms with Crippen LogP contribution in [0.1, 0.15) is 34.6 Å². The van der Waals surface area contributed by atoms with Crippen molar-refractivity contribution in [1.82, 2.24) is 24.5 Å². The van der Waals surface area contributed by atoms with E-state index in [1.807, 2.05) is 0 Å². The number of hydrogen-bond donors (Lipinski definition) is 4. The first-order valence-corrected chi connectivity index (χ1v) is 13.6. The van der Waals surface area contributed by atoms with Crippen molar-refractivity contribution in [2.45, 2.75) is 30.8 Å². The predicted octanol–water partition coefficient (Wildman–Crippen LogP) is 1.21. The minimum atomic E-state index is -4.75. The molecule has 5 rings (SSSR count). The van der Waals surface area contributed by atoms with E-state index < -0.39 is 38.1 Å². The molecular weight excluding hydrogens is 554 g/mol. The van der Waals surface area contributed by atoms with Crippen LogP contribution in [0.25, 0.3) is 11.2 Å². The van der Waals surface area contributed by atoms with Crippen LogP contribution in [-0.2, 0) is 23.1 Å². The van der Waals surface area contributed by atoms with E-state index in [1.165, 1.54) is 24.2 Å². The average molecular weight is 580 g/mol. The van der Waals surface area contributed by atoms with Gasteiger partial charge in [0.25, 0.3) is 0 Å². The number of fused-ring (bicyclic) bond motifs is 1. The molecule has 40 heavy (non-hydrogen) atoms. The molecule has 5 N–H and O–H groups in total. The van der Waals surface area contributed by atoms with Crippen molar-refractivity contribution < 1.29 is 47.4 Å². The summed E-state index contributed by atoms with van der Waals surface area (Å²) < 4.78 is 48.9. The first-order valence-electron chi connectivity index (χ1n) is 12.1. The number of phosphoric acid groups is 1. The number of nitrogens with zero attached hydrogens (tertiary/aromatic N) is 5. The van der Waals surface area contributed by atoms with Crippen LogP contribution >= 0.6 is 7.82 Å². The SMILES string of the molecule is COC(=O)c1cc([C@@H]2C[C@H](CO)[C@H]2COP(=O)(O)O/C=C2/O[C@@H](n3cnc4c(N)ncnc43)[C@H](F)[C@@H]2O)ccn1. The van der Waals surface area contributed by atoms with Gasteiger partial charge in [0.1, 0.15) is 30.1 Å². The lowest BCUT2D eigenvalue weighted by atomic mass is 9.63. The molecule has 1 unspecified atom stereocenters. The summed E-state index contributed by atoms with van der Waals surface area (Å²) in [5.41, 5.74) is 6.95. The van der Waals surface area contributed by atoms with Crippen molar-refractivity contribution in [2.75, 3.05) is 26.1 Å². The molecule has 4 heterocycles. The van der Waals surface area contributed by atoms with Gasteiger partial charge in [-0.2, -0.15) is 0 Å². The van der Waals surface area contributed by atoms with Crippen LogP contribution in [0.4, 0.5) is 10.2 Å². The molecule has 3 aromatic rings. The van der Waals surface area contributed by atoms with Crippen molar-refractivity contribution in [3.63, 3.8) is 0 Å². The molecule has 7 atom stereocenters. The highest BCUT2D eigenvalue weighted by atomic mass is 31.2. The number of pyridine rings is 1. The van der Waals surface area contributed by atoms with Crippen LogP contribution in [0.5, 0.6) is 0 Å². The number of aromatic nitrogens is 5. The highest BCUT2D eigenvalue weighted by Crippen LogP contribution is 2.52. The smallest absolute Gasteiger partial charge is 0.465 e. The van der Waals surface area contributed by atoms with Crippen molar-refractivity contribution in [2.24, 2.45) is 11.8 Å². The number of nitrogen functional groups attached to an aromatic ring is 1. The molecule has 2 aliphatic rings. The molecule has 0 aromatic carbocycles. The summed E-state index contributed by atoms with van der Waals surface area (Å²) in [5.74, 6) is -1.80. The highest BCUT2D eigenvalue weighted by molar-refractivity contribution is 7.47. The molecule has 1 saturated heterocycles. The fourth-order valence-electron chi connectivity index (χ4n) is 4.83. The van der Waals surface area contributed by atoms with Crippen LogP contribution < -0.4 is 5.73 Å². The molecule has 0 bridgehead atoms. The van der Waals surface area contributed by atoms with Gasteiger partial charge in [-0.25, -0.2) is 33.7 Å². The molecule has 1 saturated carbocycles. The number of imidazole rings is 1. The second-order valence-corrected chi connectivity index (χ2v) is 10.7. The van der Waals surface area contributed by atoms with E-state index in [9.17, 15) is 28.9 Å². The normalized spacial score (nSPS) is 28.6. The molecule has 1 aliphatic heterocycles. The lowest BCUT2D eigenvalue weighted by Crippen LogP contribution is -2.40. The molecular formula is C23H26FN6O9P. The van der Waals surface area contributed by atoms with E-state index in [4.69, 9.17) is 24.3 Å². The van der Waals surface area contributed by atoms with E-state index in [1.54, 1.807) is 12.1 Å². The molecule has 0 spiro atoms. The zero-order valence-electron chi connectivity index (χ0n) is 21.0. The van der Waals surface area contributed by atoms with E-state index in [2.05, 4.69) is 19.9 Å². The van der Waals surface area contributed by atoms with Crippen molar-refractivity contribution in [3.8, 4) is 0 Å². The van der Waals surface area contributed by atoms with Crippen LogP contribution in [0, 0.1) is 11.8 Å². The molecule has 3 aromatic heterocycles. The maximum absolute atomic E-state index is 14.9. The third-order valence-corrected chi connectivity index (χ3v) is 7.88. The summed E-state index contributed by atoms with van der Waals surface area (Å²) in [6.07, 6.45) is -0.250. The summed E-state index contributed by atoms with van der Waals surface area (Å²) in [6, 6.07) is 3.26. The Bertz CT molecular complexity index is 1490. The van der Waals surface area contributed by atoms with E-state index >= 15 is 0 Å². The second-order valence-electron chi connectivity index (χ2n) is 9.29. The van der Waals surface area contributed by atoms with Gasteiger partial charge in [-0.1, -0.05) is 0 Å². The van der Waals surface area contributed by atoms with Gasteiger partial charge in [-0.05, 0) is 41.9 Å². The van der Waals surface area contributed by atoms with E-state index in [-0.39, 0.29) is 53.6 Å². The van der Waals surface area contributed by atoms with Gasteiger partial charge in [0.2, 0.25) is 6.23 Å². The minimum absolute atomic E-state index is 0.0696. The standard InChI is InChI=1S/C23H26FN6O9P/c1-36-23(33)15-5-11(2-3-26-15)13-4-12(6-31)14(13)7-37-40(34,35)38-8-16-19(32)17(24)22(39-16)30-10-29-18-20(25)27-9-28-21(18)30/h2-3,5,8-10,12-14,17,19,22,31-32H,4,6-7H2,1H3,(H,34,35)(H2,25,27,28)/b16-8+/t12-,13+,14-,17-,19-,22-/m1/s1. The number of hydrogen-bond acceptors (Lipinski definition) is 13. The van der Waals surface area contributed by atoms with Crippen LogP contribution in [0.3, 0.4) is 0 Å². The number of aliphatic hydroxyl groups is 2. The van der Waals surface area contributed by atoms with Gasteiger partial charge in [0.15, 0.2) is 29.5 Å². The first kappa shape index (κ1) is 27.9. The lowest BCUT2D eigenvalue weighted by molar-refractivity contribution is 0.0191. The molecule has 15 nitrogen and oxygen atoms in total. The van der Waals surface area contributed by atoms with E-state index in [0.717, 1.165) is 11.9 Å². The molecule has 1 aliphatic carbocycles. The maximum atomic E-state index is 14.9. The lowest BCUT2D eigenvalue weighted by Gasteiger charge is -2.44. The number of halogens is 1. The fourth-order valence-corrected chi connectivity index (χ4v) is 5.49. The number of aliphatic hydroxyl groups excluding tert-OH is 2. The summed E-state index contributed by atoms with van der Waals surface area (Å²) in [7, 11) is -3.51. The largest absolute Gasteiger partial charge is 0.526 e. The summed E-state index contributed by atoms with van der Waals surface area (Å²) >= 11 is 0. The van der Waals surface area contributed by atoms with Crippen LogP contribution in [-0.4, -0.2) is 78.2 Å². The number of rotatable bonds is 9. The number of anilines is 1. The Hall–Kier alpha value is -3.69. The van der Waals surface area contributed by atoms with Gasteiger partial charge >= 0.3 is 13.8 Å². The topological polar surface area (TPSA) is 214 Å². The number of carbonyl (C=O) groups excluding carboxylic acids is 1. The third kappa shape index (κ3) is 5.23. The van der Waals surface area contributed by atoms with Crippen molar-refractivity contribution in [1.29, 1.82) is 0 Å². The number of esters is 1. The highest BCUT2D eigenvalue weighted by Gasteiger charge is 2.45. The Morgan fingerprint density at radius 3 is 2.90 bits per heavy atom. The Labute approximate surface area is 226 Å². The number of phosphoric ester groups is 1. The molecule has 214 valence electrons. The third-order valence-electron chi connectivity index (χ3n) is 7.04. The number of methoxy groups -OCH3 is 1. The first-order chi connectivity index (χ1) is 19.1. The van der Waals surface area contributed by atoms with Gasteiger partial charge in [-0.3, -0.25) is 14.0 Å². The zero-order valence-corrected chi connectivity index (χ0v) is 21.9. The Kier molecular flexibility index (Phi) is 7.70. The summed E-state index contributed by atoms with van der Waals surface area (Å²) in [4.78, 5) is 37.9. The zero-order chi connectivity index (χ0) is 28.6. The van der Waals surface area contributed by atoms with Gasteiger partial charge < -0.3 is 29.9 Å². The van der Waals surface area contributed by atoms with Crippen molar-refractivity contribution >= 4 is 30.8 Å². The Morgan fingerprint density at radius 1 is 1.35 bits per heavy atom. The second kappa shape index (κ2) is 11.1. The summed E-state index contributed by atoms with van der Waals surface area (Å²) in [6.45, 7) is -0.457. The average Bonchev–Trinajstić information content (AvgIpc) is 3.48. The monoisotopic (exact) mass is 580 g/mol. The minimum Gasteiger partial charge on any atom is -0.465 e. The molecule has 2 fully saturated rings. The van der Waals surface area contributed by atoms with Gasteiger partial charge in [-0.15, -0.1) is 0 Å².